The smallest absolute Gasteiger partial charge is 0.410 e. The molecule has 10 N–H and O–H groups in total. The van der Waals surface area contributed by atoms with Crippen LogP contribution >= 0.6 is 11.6 Å². The fourth-order valence-corrected chi connectivity index (χ4v) is 12.4. The van der Waals surface area contributed by atoms with Gasteiger partial charge in [-0.3, -0.25) is 43.2 Å². The highest BCUT2D eigenvalue weighted by Crippen LogP contribution is 2.29. The van der Waals surface area contributed by atoms with Crippen molar-refractivity contribution in [3.05, 3.63) is 107 Å². The van der Waals surface area contributed by atoms with Crippen LogP contribution in [-0.4, -0.2) is 175 Å². The maximum absolute atomic E-state index is 12.0. The van der Waals surface area contributed by atoms with E-state index < -0.39 is 5.60 Å². The van der Waals surface area contributed by atoms with E-state index in [0.717, 1.165) is 102 Å². The van der Waals surface area contributed by atoms with Crippen molar-refractivity contribution in [1.82, 2.24) is 63.0 Å². The number of nitrogens with zero attached hydrogens (tertiary/aromatic N) is 2. The van der Waals surface area contributed by atoms with Crippen LogP contribution in [-0.2, 0) is 44.7 Å². The molecule has 2 saturated carbocycles. The minimum atomic E-state index is -0.496. The quantitative estimate of drug-likeness (QED) is 0.0535. The van der Waals surface area contributed by atoms with Gasteiger partial charge in [0.25, 0.3) is 11.8 Å². The molecule has 0 bridgehead atoms. The third kappa shape index (κ3) is 55.6. The Morgan fingerprint density at radius 1 is 0.417 bits per heavy atom. The molecule has 0 aromatic heterocycles. The molecule has 10 amide bonds. The van der Waals surface area contributed by atoms with Crippen LogP contribution < -0.4 is 53.2 Å². The molecule has 5 fully saturated rings. The molecule has 2 aliphatic carbocycles. The Bertz CT molecular complexity index is 3150. The molecule has 24 heteroatoms. The van der Waals surface area contributed by atoms with Gasteiger partial charge in [-0.15, -0.1) is 0 Å². The topological polar surface area (TPSA) is 307 Å². The summed E-state index contributed by atoms with van der Waals surface area (Å²) < 4.78 is 5.34. The molecule has 3 saturated heterocycles. The van der Waals surface area contributed by atoms with E-state index in [1.165, 1.54) is 25.7 Å². The zero-order valence-electron chi connectivity index (χ0n) is 75.4. The summed E-state index contributed by atoms with van der Waals surface area (Å²) in [5.41, 5.74) is 1.91. The van der Waals surface area contributed by atoms with Gasteiger partial charge < -0.3 is 67.7 Å². The molecular weight excluding hydrogens is 1470 g/mol. The van der Waals surface area contributed by atoms with Gasteiger partial charge in [0.15, 0.2) is 0 Å². The molecule has 0 spiro atoms. The van der Waals surface area contributed by atoms with Gasteiger partial charge in [0.1, 0.15) is 5.60 Å². The van der Waals surface area contributed by atoms with E-state index in [1.807, 2.05) is 208 Å². The Morgan fingerprint density at radius 2 is 0.783 bits per heavy atom. The van der Waals surface area contributed by atoms with Crippen LogP contribution in [0.5, 0.6) is 0 Å². The Hall–Kier alpha value is -7.63. The number of carbonyl (C=O) groups excluding carboxylic acids is 10. The van der Waals surface area contributed by atoms with Crippen molar-refractivity contribution in [1.29, 1.82) is 0 Å². The van der Waals surface area contributed by atoms with Crippen LogP contribution in [0.3, 0.4) is 0 Å². The molecule has 115 heavy (non-hydrogen) atoms. The molecule has 2 atom stereocenters. The lowest BCUT2D eigenvalue weighted by Crippen LogP contribution is -2.48. The molecule has 23 nitrogen and oxygen atoms in total. The van der Waals surface area contributed by atoms with Crippen molar-refractivity contribution < 1.29 is 52.7 Å². The number of benzene rings is 3. The zero-order chi connectivity index (χ0) is 87.5. The van der Waals surface area contributed by atoms with Crippen LogP contribution in [0.4, 0.5) is 4.79 Å². The lowest BCUT2D eigenvalue weighted by molar-refractivity contribution is -0.127. The van der Waals surface area contributed by atoms with Crippen LogP contribution in [0.1, 0.15) is 282 Å². The number of rotatable bonds is 19. The van der Waals surface area contributed by atoms with Crippen molar-refractivity contribution in [3.63, 3.8) is 0 Å². The summed E-state index contributed by atoms with van der Waals surface area (Å²) in [6.45, 7) is 52.2. The van der Waals surface area contributed by atoms with E-state index in [2.05, 4.69) is 72.0 Å². The fraction of sp³-hybridized carbons (Fsp3) is 0.692. The second-order valence-electron chi connectivity index (χ2n) is 35.0. The number of piperidine rings is 3. The average molecular weight is 1630 g/mol. The Labute approximate surface area is 699 Å². The van der Waals surface area contributed by atoms with Crippen LogP contribution in [0.25, 0.3) is 0 Å². The summed E-state index contributed by atoms with van der Waals surface area (Å²) in [6.07, 6.45) is 15.3. The highest BCUT2D eigenvalue weighted by atomic mass is 35.5. The number of likely N-dealkylation sites (tertiary alicyclic amines) is 2. The van der Waals surface area contributed by atoms with Crippen molar-refractivity contribution in [2.45, 2.75) is 322 Å². The molecule has 3 aromatic carbocycles. The number of hydrogen-bond acceptors (Lipinski definition) is 13. The van der Waals surface area contributed by atoms with Crippen molar-refractivity contribution in [3.8, 4) is 0 Å². The molecule has 5 aliphatic rings. The average Bonchev–Trinajstić information content (AvgIpc) is 1.24. The van der Waals surface area contributed by atoms with Crippen molar-refractivity contribution in [2.24, 2.45) is 41.4 Å². The standard InChI is InChI=1S/C14H26N2O3.C11H21NO.C11H15NO.C10H12ClNO.C10H20N2O.C10H13NO.C9H18N2O.C9H17NO.C7H15NO/c1-10(2)15-12(17)11-7-6-8-16(9-11)13(18)19-14(3,4)5;1-8(2)12-11(13)10-6-4-9(3)5-7-10;1-9(2)12-11(13)8-10-6-4-3-5-7-10;1-7(2)12-10(13)8-3-5-9(11)6-4-8;1-8(2)11-10(13)9-4-6-12(3)7-5-9;1-8(2)11-10(12)9-6-4-3-5-7-9;1-7(2)11-9(12)8-4-3-5-10-6-8;1-7(2)10-9(11)8-5-3-4-6-8;1-5(2)7(9)8-6(3)4/h10-11H,6-9H2,1-5H3,(H,15,17);8-10H,4-7H2,1-3H3,(H,12,13);3-7,9H,8H2,1-2H3,(H,12,13);3-7H,1-2H3,(H,12,13);8-9H,4-7H2,1-3H3,(H,11,13);3-8H,1-2H3,(H,11,12);7-8,10H,3-6H2,1-2H3,(H,11,12);7-8H,3-6H2,1-2H3,(H,10,11);5-6H,1-4H3,(H,8,9). The predicted molar refractivity (Wildman–Crippen MR) is 470 cm³/mol. The third-order valence-corrected chi connectivity index (χ3v) is 18.3. The van der Waals surface area contributed by atoms with Crippen LogP contribution in [0.15, 0.2) is 84.9 Å². The first-order valence-corrected chi connectivity index (χ1v) is 43.1. The summed E-state index contributed by atoms with van der Waals surface area (Å²) in [4.78, 5) is 119. The number of nitrogens with one attached hydrogen (secondary N) is 10. The van der Waals surface area contributed by atoms with Gasteiger partial charge in [0.05, 0.1) is 18.3 Å². The van der Waals surface area contributed by atoms with Gasteiger partial charge in [-0.25, -0.2) is 4.79 Å². The lowest BCUT2D eigenvalue weighted by Gasteiger charge is -2.33. The van der Waals surface area contributed by atoms with E-state index in [0.29, 0.717) is 53.5 Å². The third-order valence-electron chi connectivity index (χ3n) is 18.1. The van der Waals surface area contributed by atoms with E-state index in [9.17, 15) is 47.9 Å². The fourth-order valence-electron chi connectivity index (χ4n) is 12.2. The molecule has 654 valence electrons. The van der Waals surface area contributed by atoms with E-state index in [-0.39, 0.29) is 131 Å². The molecule has 2 unspecified atom stereocenters. The van der Waals surface area contributed by atoms with Crippen LogP contribution in [0, 0.1) is 41.4 Å². The monoisotopic (exact) mass is 1630 g/mol. The first kappa shape index (κ1) is 107. The van der Waals surface area contributed by atoms with Gasteiger partial charge in [-0.1, -0.05) is 93.7 Å². The number of hydrogen-bond donors (Lipinski definition) is 10. The van der Waals surface area contributed by atoms with Gasteiger partial charge in [-0.2, -0.15) is 0 Å². The minimum absolute atomic E-state index is 0.00870. The molecule has 3 aromatic rings. The lowest BCUT2D eigenvalue weighted by atomic mass is 9.82. The number of amides is 10. The maximum Gasteiger partial charge on any atom is 0.410 e. The summed E-state index contributed by atoms with van der Waals surface area (Å²) in [5, 5.41) is 29.9. The molecular formula is C91H157ClN12O11. The van der Waals surface area contributed by atoms with Gasteiger partial charge >= 0.3 is 6.09 Å². The summed E-state index contributed by atoms with van der Waals surface area (Å²) >= 11 is 5.69. The normalized spacial score (nSPS) is 17.4. The molecule has 8 rings (SSSR count). The van der Waals surface area contributed by atoms with E-state index in [4.69, 9.17) is 16.3 Å². The minimum Gasteiger partial charge on any atom is -0.444 e. The summed E-state index contributed by atoms with van der Waals surface area (Å²) in [5.74, 6) is 3.00. The highest BCUT2D eigenvalue weighted by Gasteiger charge is 2.32. The molecule has 3 aliphatic heterocycles. The second-order valence-corrected chi connectivity index (χ2v) is 35.4. The number of carbonyl (C=O) groups is 10. The highest BCUT2D eigenvalue weighted by molar-refractivity contribution is 6.30. The molecule has 0 radical (unpaired) electrons. The Kier molecular flexibility index (Phi) is 56.0. The van der Waals surface area contributed by atoms with E-state index in [1.54, 1.807) is 41.3 Å². The van der Waals surface area contributed by atoms with Gasteiger partial charge in [0, 0.05) is 114 Å². The van der Waals surface area contributed by atoms with Crippen molar-refractivity contribution in [2.75, 3.05) is 46.3 Å². The molecule has 3 heterocycles. The Morgan fingerprint density at radius 3 is 1.17 bits per heavy atom. The van der Waals surface area contributed by atoms with Crippen LogP contribution in [0.2, 0.25) is 5.02 Å². The summed E-state index contributed by atoms with van der Waals surface area (Å²) in [6, 6.07) is 27.9. The number of ether oxygens (including phenoxy) is 1. The summed E-state index contributed by atoms with van der Waals surface area (Å²) in [7, 11) is 2.11. The van der Waals surface area contributed by atoms with Gasteiger partial charge in [-0.05, 0) is 297 Å². The first-order valence-electron chi connectivity index (χ1n) is 42.7. The largest absolute Gasteiger partial charge is 0.444 e. The first-order chi connectivity index (χ1) is 53.8. The Balaban J connectivity index is 0.00000128. The predicted octanol–water partition coefficient (Wildman–Crippen LogP) is 14.8. The van der Waals surface area contributed by atoms with Gasteiger partial charge in [0.2, 0.25) is 41.4 Å². The van der Waals surface area contributed by atoms with Crippen molar-refractivity contribution >= 4 is 70.9 Å². The SMILES string of the molecule is CC(C)NC(=O)C(C)C.CC(C)NC(=O)C1CCCC1.CC(C)NC(=O)C1CCCN(C(=O)OC(C)(C)C)C1.CC(C)NC(=O)C1CCCNC1.CC(C)NC(=O)C1CCN(C)CC1.CC(C)NC(=O)Cc1ccccc1.CC(C)NC(=O)c1ccc(Cl)cc1.CC(C)NC(=O)c1ccccc1.CC1CCC(C(=O)NC(C)C)CC1. The number of halogens is 1. The zero-order valence-corrected chi connectivity index (χ0v) is 76.2. The second kappa shape index (κ2) is 59.9. The van der Waals surface area contributed by atoms with E-state index >= 15 is 0 Å². The maximum atomic E-state index is 12.0.